The van der Waals surface area contributed by atoms with E-state index >= 15 is 0 Å². The van der Waals surface area contributed by atoms with Crippen molar-refractivity contribution >= 4 is 23.3 Å². The minimum absolute atomic E-state index is 0.0590. The number of H-pyrrole nitrogens is 1. The van der Waals surface area contributed by atoms with E-state index in [9.17, 15) is 9.59 Å². The van der Waals surface area contributed by atoms with Crippen molar-refractivity contribution in [3.63, 3.8) is 0 Å². The SMILES string of the molecule is Cc1cc(NC(=O)c2ccc(Cl)cc2)n(-c2ncc(C(C)C)c(=O)[nH]2)n1. The van der Waals surface area contributed by atoms with Gasteiger partial charge < -0.3 is 5.32 Å². The zero-order valence-corrected chi connectivity index (χ0v) is 15.3. The van der Waals surface area contributed by atoms with Crippen molar-refractivity contribution in [3.05, 3.63) is 68.7 Å². The standard InChI is InChI=1S/C18H18ClN5O2/c1-10(2)14-9-20-18(22-17(14)26)24-15(8-11(3)23-24)21-16(25)12-4-6-13(19)7-5-12/h4-10H,1-3H3,(H,21,25)(H,20,22,26). The van der Waals surface area contributed by atoms with Gasteiger partial charge in [0.15, 0.2) is 0 Å². The van der Waals surface area contributed by atoms with Gasteiger partial charge in [-0.2, -0.15) is 9.78 Å². The predicted molar refractivity (Wildman–Crippen MR) is 100 cm³/mol. The van der Waals surface area contributed by atoms with E-state index in [1.54, 1.807) is 37.3 Å². The van der Waals surface area contributed by atoms with Crippen LogP contribution in [0.15, 0.2) is 41.3 Å². The first-order valence-corrected chi connectivity index (χ1v) is 8.46. The second-order valence-electron chi connectivity index (χ2n) is 6.19. The summed E-state index contributed by atoms with van der Waals surface area (Å²) in [4.78, 5) is 31.6. The highest BCUT2D eigenvalue weighted by atomic mass is 35.5. The van der Waals surface area contributed by atoms with Gasteiger partial charge in [-0.1, -0.05) is 25.4 Å². The maximum atomic E-state index is 12.4. The van der Waals surface area contributed by atoms with Crippen LogP contribution in [0.25, 0.3) is 5.95 Å². The lowest BCUT2D eigenvalue weighted by molar-refractivity contribution is 0.102. The summed E-state index contributed by atoms with van der Waals surface area (Å²) in [6.07, 6.45) is 1.53. The summed E-state index contributed by atoms with van der Waals surface area (Å²) in [5, 5.41) is 7.63. The van der Waals surface area contributed by atoms with Crippen molar-refractivity contribution in [2.75, 3.05) is 5.32 Å². The minimum atomic E-state index is -0.316. The fraction of sp³-hybridized carbons (Fsp3) is 0.222. The van der Waals surface area contributed by atoms with E-state index < -0.39 is 0 Å². The molecule has 0 aliphatic rings. The molecule has 0 radical (unpaired) electrons. The summed E-state index contributed by atoms with van der Waals surface area (Å²) in [5.74, 6) is 0.384. The van der Waals surface area contributed by atoms with Gasteiger partial charge in [-0.25, -0.2) is 4.98 Å². The van der Waals surface area contributed by atoms with Crippen LogP contribution < -0.4 is 10.9 Å². The van der Waals surface area contributed by atoms with Crippen LogP contribution in [0.3, 0.4) is 0 Å². The molecule has 0 aliphatic carbocycles. The molecule has 2 N–H and O–H groups in total. The first kappa shape index (κ1) is 17.9. The number of nitrogens with zero attached hydrogens (tertiary/aromatic N) is 3. The average molecular weight is 372 g/mol. The largest absolute Gasteiger partial charge is 0.306 e. The number of halogens is 1. The predicted octanol–water partition coefficient (Wildman–Crippen LogP) is 3.29. The van der Waals surface area contributed by atoms with Gasteiger partial charge in [-0.3, -0.25) is 14.6 Å². The molecule has 0 spiro atoms. The van der Waals surface area contributed by atoms with E-state index in [-0.39, 0.29) is 23.3 Å². The Morgan fingerprint density at radius 3 is 2.58 bits per heavy atom. The Hall–Kier alpha value is -2.93. The summed E-state index contributed by atoms with van der Waals surface area (Å²) in [5.41, 5.74) is 1.49. The molecule has 134 valence electrons. The molecule has 1 amide bonds. The monoisotopic (exact) mass is 371 g/mol. The first-order valence-electron chi connectivity index (χ1n) is 8.08. The molecule has 0 bridgehead atoms. The quantitative estimate of drug-likeness (QED) is 0.736. The molecular weight excluding hydrogens is 354 g/mol. The fourth-order valence-electron chi connectivity index (χ4n) is 2.45. The van der Waals surface area contributed by atoms with Gasteiger partial charge in [0.1, 0.15) is 5.82 Å². The van der Waals surface area contributed by atoms with Gasteiger partial charge in [-0.15, -0.1) is 0 Å². The highest BCUT2D eigenvalue weighted by Crippen LogP contribution is 2.17. The molecule has 3 aromatic rings. The van der Waals surface area contributed by atoms with Crippen molar-refractivity contribution in [3.8, 4) is 5.95 Å². The third-order valence-corrected chi connectivity index (χ3v) is 4.07. The number of benzene rings is 1. The Labute approximate surface area is 155 Å². The number of nitrogens with one attached hydrogen (secondary N) is 2. The smallest absolute Gasteiger partial charge is 0.256 e. The third kappa shape index (κ3) is 3.67. The minimum Gasteiger partial charge on any atom is -0.306 e. The number of hydrogen-bond donors (Lipinski definition) is 2. The molecule has 0 saturated heterocycles. The van der Waals surface area contributed by atoms with Crippen molar-refractivity contribution in [2.45, 2.75) is 26.7 Å². The van der Waals surface area contributed by atoms with Gasteiger partial charge >= 0.3 is 0 Å². The number of aromatic nitrogens is 4. The molecule has 3 rings (SSSR count). The second kappa shape index (κ2) is 7.13. The number of aromatic amines is 1. The third-order valence-electron chi connectivity index (χ3n) is 3.82. The summed E-state index contributed by atoms with van der Waals surface area (Å²) >= 11 is 5.85. The van der Waals surface area contributed by atoms with E-state index in [4.69, 9.17) is 11.6 Å². The van der Waals surface area contributed by atoms with Crippen LogP contribution in [0, 0.1) is 6.92 Å². The Kier molecular flexibility index (Phi) is 4.90. The second-order valence-corrected chi connectivity index (χ2v) is 6.63. The molecule has 0 aliphatic heterocycles. The average Bonchev–Trinajstić information content (AvgIpc) is 2.95. The summed E-state index contributed by atoms with van der Waals surface area (Å²) in [6, 6.07) is 8.24. The van der Waals surface area contributed by atoms with Gasteiger partial charge in [0.25, 0.3) is 11.5 Å². The van der Waals surface area contributed by atoms with Crippen molar-refractivity contribution < 1.29 is 4.79 Å². The van der Waals surface area contributed by atoms with E-state index in [0.717, 1.165) is 0 Å². The Balaban J connectivity index is 1.93. The number of amides is 1. The topological polar surface area (TPSA) is 92.7 Å². The lowest BCUT2D eigenvalue weighted by Gasteiger charge is -2.09. The maximum absolute atomic E-state index is 12.4. The highest BCUT2D eigenvalue weighted by Gasteiger charge is 2.15. The van der Waals surface area contributed by atoms with Crippen molar-refractivity contribution in [1.29, 1.82) is 0 Å². The van der Waals surface area contributed by atoms with E-state index in [0.29, 0.717) is 27.7 Å². The van der Waals surface area contributed by atoms with E-state index in [1.807, 2.05) is 13.8 Å². The van der Waals surface area contributed by atoms with Crippen LogP contribution in [0.2, 0.25) is 5.02 Å². The van der Waals surface area contributed by atoms with Gasteiger partial charge in [-0.05, 0) is 37.1 Å². The molecule has 1 aromatic carbocycles. The molecule has 0 saturated carbocycles. The zero-order valence-electron chi connectivity index (χ0n) is 14.6. The number of carbonyl (C=O) groups is 1. The number of carbonyl (C=O) groups excluding carboxylic acids is 1. The highest BCUT2D eigenvalue weighted by molar-refractivity contribution is 6.30. The molecule has 2 heterocycles. The van der Waals surface area contributed by atoms with Gasteiger partial charge in [0.05, 0.1) is 5.69 Å². The van der Waals surface area contributed by atoms with Crippen LogP contribution >= 0.6 is 11.6 Å². The number of rotatable bonds is 4. The van der Waals surface area contributed by atoms with Crippen molar-refractivity contribution in [2.24, 2.45) is 0 Å². The van der Waals surface area contributed by atoms with Crippen LogP contribution in [0.5, 0.6) is 0 Å². The van der Waals surface area contributed by atoms with Crippen LogP contribution in [-0.4, -0.2) is 25.7 Å². The fourth-order valence-corrected chi connectivity index (χ4v) is 2.58. The normalized spacial score (nSPS) is 11.0. The molecule has 8 heteroatoms. The summed E-state index contributed by atoms with van der Waals surface area (Å²) < 4.78 is 1.40. The number of hydrogen-bond acceptors (Lipinski definition) is 4. The molecular formula is C18H18ClN5O2. The van der Waals surface area contributed by atoms with E-state index in [1.165, 1.54) is 10.9 Å². The Morgan fingerprint density at radius 2 is 1.96 bits per heavy atom. The first-order chi connectivity index (χ1) is 12.3. The summed E-state index contributed by atoms with van der Waals surface area (Å²) in [7, 11) is 0. The van der Waals surface area contributed by atoms with E-state index in [2.05, 4.69) is 20.4 Å². The molecule has 0 fully saturated rings. The van der Waals surface area contributed by atoms with Gasteiger partial charge in [0.2, 0.25) is 5.95 Å². The van der Waals surface area contributed by atoms with Crippen molar-refractivity contribution in [1.82, 2.24) is 19.7 Å². The summed E-state index contributed by atoms with van der Waals surface area (Å²) in [6.45, 7) is 5.62. The Morgan fingerprint density at radius 1 is 1.27 bits per heavy atom. The lowest BCUT2D eigenvalue weighted by Crippen LogP contribution is -2.21. The van der Waals surface area contributed by atoms with Crippen LogP contribution in [0.1, 0.15) is 41.4 Å². The zero-order chi connectivity index (χ0) is 18.8. The molecule has 26 heavy (non-hydrogen) atoms. The van der Waals surface area contributed by atoms with Gasteiger partial charge in [0, 0.05) is 28.4 Å². The Bertz CT molecular complexity index is 1010. The lowest BCUT2D eigenvalue weighted by atomic mass is 10.1. The molecule has 2 aromatic heterocycles. The molecule has 0 atom stereocenters. The maximum Gasteiger partial charge on any atom is 0.256 e. The molecule has 0 unspecified atom stereocenters. The number of anilines is 1. The van der Waals surface area contributed by atoms with Crippen LogP contribution in [0.4, 0.5) is 5.82 Å². The number of aryl methyl sites for hydroxylation is 1. The van der Waals surface area contributed by atoms with Crippen LogP contribution in [-0.2, 0) is 0 Å². The molecule has 7 nitrogen and oxygen atoms in total.